The van der Waals surface area contributed by atoms with Crippen LogP contribution in [0.3, 0.4) is 0 Å². The van der Waals surface area contributed by atoms with Crippen LogP contribution in [0.15, 0.2) is 47.5 Å². The summed E-state index contributed by atoms with van der Waals surface area (Å²) in [4.78, 5) is 38.8. The minimum absolute atomic E-state index is 0.0509. The topological polar surface area (TPSA) is 79.0 Å². The molecule has 0 bridgehead atoms. The van der Waals surface area contributed by atoms with Gasteiger partial charge in [0.25, 0.3) is 11.5 Å². The van der Waals surface area contributed by atoms with Crippen LogP contribution in [-0.4, -0.2) is 32.3 Å². The maximum atomic E-state index is 14.9. The van der Waals surface area contributed by atoms with Crippen LogP contribution in [0, 0.1) is 0 Å². The molecule has 0 spiro atoms. The lowest BCUT2D eigenvalue weighted by atomic mass is 9.92. The first-order valence-electron chi connectivity index (χ1n) is 11.6. The number of alkyl halides is 2. The quantitative estimate of drug-likeness (QED) is 0.553. The molecule has 5 rings (SSSR count). The molecule has 182 valence electrons. The number of H-pyrrole nitrogens is 1. The van der Waals surface area contributed by atoms with Gasteiger partial charge in [0.2, 0.25) is 0 Å². The number of nitrogens with one attached hydrogen (secondary N) is 1. The molecule has 1 aliphatic heterocycles. The maximum absolute atomic E-state index is 14.9. The van der Waals surface area contributed by atoms with E-state index in [0.29, 0.717) is 17.4 Å². The van der Waals surface area contributed by atoms with Gasteiger partial charge in [-0.2, -0.15) is 8.78 Å². The van der Waals surface area contributed by atoms with Gasteiger partial charge in [-0.15, -0.1) is 0 Å². The van der Waals surface area contributed by atoms with Gasteiger partial charge >= 0.3 is 5.92 Å². The van der Waals surface area contributed by atoms with Crippen molar-refractivity contribution in [3.63, 3.8) is 0 Å². The molecule has 0 unspecified atom stereocenters. The predicted molar refractivity (Wildman–Crippen MR) is 128 cm³/mol. The molecule has 35 heavy (non-hydrogen) atoms. The number of aromatic nitrogens is 3. The van der Waals surface area contributed by atoms with Crippen molar-refractivity contribution >= 4 is 17.5 Å². The van der Waals surface area contributed by atoms with Crippen LogP contribution in [-0.2, 0) is 29.1 Å². The zero-order valence-electron chi connectivity index (χ0n) is 19.4. The smallest absolute Gasteiger partial charge is 0.332 e. The highest BCUT2D eigenvalue weighted by atomic mass is 35.5. The Balaban J connectivity index is 1.42. The zero-order valence-corrected chi connectivity index (χ0v) is 20.2. The van der Waals surface area contributed by atoms with E-state index in [0.717, 1.165) is 34.9 Å². The van der Waals surface area contributed by atoms with E-state index in [9.17, 15) is 18.4 Å². The molecule has 1 fully saturated rings. The molecule has 1 amide bonds. The van der Waals surface area contributed by atoms with Crippen LogP contribution < -0.4 is 5.56 Å². The number of rotatable bonds is 5. The lowest BCUT2D eigenvalue weighted by Crippen LogP contribution is -2.46. The molecule has 0 saturated heterocycles. The molecular weight excluding hydrogens is 474 g/mol. The minimum Gasteiger partial charge on any atom is -0.332 e. The molecule has 1 aliphatic carbocycles. The summed E-state index contributed by atoms with van der Waals surface area (Å²) in [6, 6.07) is 7.20. The molecule has 1 saturated carbocycles. The molecule has 1 N–H and O–H groups in total. The van der Waals surface area contributed by atoms with E-state index in [-0.39, 0.29) is 30.1 Å². The molecule has 9 heteroatoms. The standard InChI is InChI=1S/C26H25ClF2N4O2/c1-15(2)16-10-18(13-30-12-16)25(7-8-25)23-31-21-6-9-33(14-20(21)22(34)32-23)24(35)26(28,29)17-4-3-5-19(27)11-17/h3-5,10-13,15H,6-9,14H2,1-2H3,(H,31,32,34). The molecule has 2 aromatic heterocycles. The van der Waals surface area contributed by atoms with Crippen LogP contribution >= 0.6 is 11.6 Å². The number of fused-ring (bicyclic) bond motifs is 1. The van der Waals surface area contributed by atoms with Crippen LogP contribution in [0.2, 0.25) is 5.02 Å². The summed E-state index contributed by atoms with van der Waals surface area (Å²) < 4.78 is 29.9. The second-order valence-electron chi connectivity index (χ2n) is 9.64. The highest BCUT2D eigenvalue weighted by molar-refractivity contribution is 6.30. The molecule has 3 heterocycles. The van der Waals surface area contributed by atoms with Crippen molar-refractivity contribution in [2.24, 2.45) is 0 Å². The lowest BCUT2D eigenvalue weighted by Gasteiger charge is -2.31. The number of carbonyl (C=O) groups excluding carboxylic acids is 1. The first kappa shape index (κ1) is 23.6. The van der Waals surface area contributed by atoms with Crippen molar-refractivity contribution in [1.82, 2.24) is 19.9 Å². The number of halogens is 3. The Morgan fingerprint density at radius 2 is 2.00 bits per heavy atom. The van der Waals surface area contributed by atoms with Crippen molar-refractivity contribution in [3.05, 3.63) is 91.9 Å². The number of nitrogens with zero attached hydrogens (tertiary/aromatic N) is 3. The van der Waals surface area contributed by atoms with E-state index in [1.807, 2.05) is 12.4 Å². The zero-order chi connectivity index (χ0) is 25.0. The first-order chi connectivity index (χ1) is 16.6. The van der Waals surface area contributed by atoms with Gasteiger partial charge in [0, 0.05) is 35.9 Å². The number of carbonyl (C=O) groups is 1. The summed E-state index contributed by atoms with van der Waals surface area (Å²) in [6.45, 7) is 4.03. The third-order valence-corrected chi connectivity index (χ3v) is 7.23. The van der Waals surface area contributed by atoms with E-state index >= 15 is 0 Å². The van der Waals surface area contributed by atoms with E-state index in [4.69, 9.17) is 16.6 Å². The van der Waals surface area contributed by atoms with Gasteiger partial charge in [-0.05, 0) is 42.0 Å². The van der Waals surface area contributed by atoms with Crippen LogP contribution in [0.5, 0.6) is 0 Å². The minimum atomic E-state index is -3.75. The summed E-state index contributed by atoms with van der Waals surface area (Å²) in [7, 11) is 0. The van der Waals surface area contributed by atoms with Gasteiger partial charge in [-0.25, -0.2) is 4.98 Å². The summed E-state index contributed by atoms with van der Waals surface area (Å²) in [5.41, 5.74) is 1.67. The third kappa shape index (κ3) is 4.14. The Labute approximate surface area is 206 Å². The van der Waals surface area contributed by atoms with Crippen LogP contribution in [0.25, 0.3) is 0 Å². The van der Waals surface area contributed by atoms with Crippen LogP contribution in [0.1, 0.15) is 66.4 Å². The summed E-state index contributed by atoms with van der Waals surface area (Å²) in [6.07, 6.45) is 5.57. The molecule has 3 aromatic rings. The van der Waals surface area contributed by atoms with E-state index in [1.54, 1.807) is 0 Å². The van der Waals surface area contributed by atoms with Crippen LogP contribution in [0.4, 0.5) is 8.78 Å². The highest BCUT2D eigenvalue weighted by Gasteiger charge is 2.50. The molecule has 2 aliphatic rings. The maximum Gasteiger partial charge on any atom is 0.350 e. The fourth-order valence-electron chi connectivity index (χ4n) is 4.65. The molecule has 0 atom stereocenters. The molecule has 0 radical (unpaired) electrons. The molecular formula is C26H25ClF2N4O2. The second-order valence-corrected chi connectivity index (χ2v) is 10.1. The largest absolute Gasteiger partial charge is 0.350 e. The summed E-state index contributed by atoms with van der Waals surface area (Å²) >= 11 is 5.84. The van der Waals surface area contributed by atoms with Gasteiger partial charge < -0.3 is 9.88 Å². The fraction of sp³-hybridized carbons (Fsp3) is 0.385. The number of amides is 1. The SMILES string of the molecule is CC(C)c1cncc(C2(c3nc4c(c(=O)[nH]3)CN(C(=O)C(F)(F)c3cccc(Cl)c3)CC4)CC2)c1. The fourth-order valence-corrected chi connectivity index (χ4v) is 4.84. The lowest BCUT2D eigenvalue weighted by molar-refractivity contribution is -0.160. The normalized spacial score (nSPS) is 16.8. The first-order valence-corrected chi connectivity index (χ1v) is 12.0. The average Bonchev–Trinajstić information content (AvgIpc) is 3.65. The Hall–Kier alpha value is -3.13. The number of benzene rings is 1. The van der Waals surface area contributed by atoms with Gasteiger partial charge in [0.1, 0.15) is 5.82 Å². The Morgan fingerprint density at radius 1 is 1.23 bits per heavy atom. The summed E-state index contributed by atoms with van der Waals surface area (Å²) in [5.74, 6) is -4.21. The highest BCUT2D eigenvalue weighted by Crippen LogP contribution is 2.52. The number of pyridine rings is 1. The predicted octanol–water partition coefficient (Wildman–Crippen LogP) is 4.70. The third-order valence-electron chi connectivity index (χ3n) is 6.99. The molecule has 6 nitrogen and oxygen atoms in total. The van der Waals surface area contributed by atoms with Crippen molar-refractivity contribution in [1.29, 1.82) is 0 Å². The Kier molecular flexibility index (Phi) is 5.74. The number of aromatic amines is 1. The van der Waals surface area contributed by atoms with Gasteiger partial charge in [-0.1, -0.05) is 43.6 Å². The van der Waals surface area contributed by atoms with E-state index < -0.39 is 28.4 Å². The Morgan fingerprint density at radius 3 is 2.69 bits per heavy atom. The Bertz CT molecular complexity index is 1370. The summed E-state index contributed by atoms with van der Waals surface area (Å²) in [5, 5.41) is 0.121. The van der Waals surface area contributed by atoms with Crippen molar-refractivity contribution < 1.29 is 13.6 Å². The number of hydrogen-bond donors (Lipinski definition) is 1. The second kappa shape index (κ2) is 8.52. The van der Waals surface area contributed by atoms with E-state index in [2.05, 4.69) is 29.9 Å². The van der Waals surface area contributed by atoms with E-state index in [1.165, 1.54) is 18.2 Å². The van der Waals surface area contributed by atoms with Gasteiger partial charge in [0.15, 0.2) is 0 Å². The molecule has 1 aromatic carbocycles. The monoisotopic (exact) mass is 498 g/mol. The van der Waals surface area contributed by atoms with Crippen molar-refractivity contribution in [2.75, 3.05) is 6.54 Å². The van der Waals surface area contributed by atoms with Crippen molar-refractivity contribution in [3.8, 4) is 0 Å². The van der Waals surface area contributed by atoms with Gasteiger partial charge in [0.05, 0.1) is 23.2 Å². The number of hydrogen-bond acceptors (Lipinski definition) is 4. The average molecular weight is 499 g/mol. The van der Waals surface area contributed by atoms with Gasteiger partial charge in [-0.3, -0.25) is 14.6 Å². The van der Waals surface area contributed by atoms with Crippen molar-refractivity contribution in [2.45, 2.75) is 56.9 Å².